The van der Waals surface area contributed by atoms with Crippen LogP contribution in [0.1, 0.15) is 45.8 Å². The molecule has 0 radical (unpaired) electrons. The summed E-state index contributed by atoms with van der Waals surface area (Å²) in [5.74, 6) is 0.0509. The number of nitrogens with zero attached hydrogens (tertiary/aromatic N) is 3. The molecule has 162 valence electrons. The number of nitrogens with two attached hydrogens (primary N) is 1. The van der Waals surface area contributed by atoms with E-state index in [0.717, 1.165) is 11.3 Å². The van der Waals surface area contributed by atoms with Crippen molar-refractivity contribution >= 4 is 29.2 Å². The Hall–Kier alpha value is -3.62. The van der Waals surface area contributed by atoms with Crippen molar-refractivity contribution in [2.24, 2.45) is 0 Å². The third-order valence-corrected chi connectivity index (χ3v) is 5.51. The lowest BCUT2D eigenvalue weighted by Gasteiger charge is -2.32. The summed E-state index contributed by atoms with van der Waals surface area (Å²) in [6.07, 6.45) is 0.542. The zero-order valence-electron chi connectivity index (χ0n) is 18.0. The number of carbonyl (C=O) groups excluding carboxylic acids is 3. The van der Waals surface area contributed by atoms with Gasteiger partial charge in [-0.25, -0.2) is 4.98 Å². The lowest BCUT2D eigenvalue weighted by molar-refractivity contribution is -0.129. The second-order valence-electron chi connectivity index (χ2n) is 8.48. The molecule has 0 saturated carbocycles. The predicted octanol–water partition coefficient (Wildman–Crippen LogP) is 1.67. The van der Waals surface area contributed by atoms with Gasteiger partial charge in [0.2, 0.25) is 0 Å². The minimum absolute atomic E-state index is 0.176. The molecule has 2 aliphatic heterocycles. The number of nitrogens with one attached hydrogen (secondary N) is 1. The Bertz CT molecular complexity index is 1110. The maximum Gasteiger partial charge on any atom is 0.268 e. The van der Waals surface area contributed by atoms with Crippen LogP contribution in [0.5, 0.6) is 5.75 Å². The summed E-state index contributed by atoms with van der Waals surface area (Å²) in [4.78, 5) is 45.2. The molecular weight excluding hydrogens is 398 g/mol. The maximum absolute atomic E-state index is 13.2. The Balaban J connectivity index is 1.58. The fourth-order valence-electron chi connectivity index (χ4n) is 3.70. The summed E-state index contributed by atoms with van der Waals surface area (Å²) in [5, 5.41) is 2.80. The van der Waals surface area contributed by atoms with Gasteiger partial charge in [-0.3, -0.25) is 14.4 Å². The molecule has 0 atom stereocenters. The fraction of sp³-hybridized carbons (Fsp3) is 0.364. The van der Waals surface area contributed by atoms with Gasteiger partial charge in [0.05, 0.1) is 11.3 Å². The summed E-state index contributed by atoms with van der Waals surface area (Å²) in [6.45, 7) is 4.17. The van der Waals surface area contributed by atoms with Crippen LogP contribution >= 0.6 is 0 Å². The molecule has 1 aromatic carbocycles. The van der Waals surface area contributed by atoms with Crippen LogP contribution in [-0.2, 0) is 17.8 Å². The molecule has 3 amide bonds. The van der Waals surface area contributed by atoms with E-state index in [9.17, 15) is 14.4 Å². The van der Waals surface area contributed by atoms with Gasteiger partial charge in [-0.05, 0) is 43.7 Å². The Morgan fingerprint density at radius 2 is 2.00 bits per heavy atom. The number of rotatable bonds is 2. The van der Waals surface area contributed by atoms with E-state index >= 15 is 0 Å². The standard InChI is InChI=1S/C22H25N5O4/c1-22(2)21(30)25-16-10-12(5-6-17(16)31-22)19(28)27-8-7-15-13(11-27)9-14(18(23)24-15)20(29)26(3)4/h5-6,9-10H,7-8,11H2,1-4H3,(H2,23,24)(H,25,30). The fourth-order valence-corrected chi connectivity index (χ4v) is 3.70. The number of fused-ring (bicyclic) bond motifs is 2. The Labute approximate surface area is 180 Å². The second kappa shape index (κ2) is 7.26. The quantitative estimate of drug-likeness (QED) is 0.759. The zero-order valence-corrected chi connectivity index (χ0v) is 18.0. The molecule has 0 bridgehead atoms. The second-order valence-corrected chi connectivity index (χ2v) is 8.48. The summed E-state index contributed by atoms with van der Waals surface area (Å²) in [7, 11) is 3.30. The lowest BCUT2D eigenvalue weighted by Crippen LogP contribution is -2.45. The van der Waals surface area contributed by atoms with Gasteiger partial charge in [0.15, 0.2) is 5.60 Å². The molecule has 9 heteroatoms. The van der Waals surface area contributed by atoms with Crippen LogP contribution < -0.4 is 15.8 Å². The summed E-state index contributed by atoms with van der Waals surface area (Å²) < 4.78 is 5.73. The summed E-state index contributed by atoms with van der Waals surface area (Å²) in [6, 6.07) is 6.73. The van der Waals surface area contributed by atoms with Gasteiger partial charge in [-0.2, -0.15) is 0 Å². The lowest BCUT2D eigenvalue weighted by atomic mass is 10.0. The minimum Gasteiger partial charge on any atom is -0.476 e. The number of pyridine rings is 1. The highest BCUT2D eigenvalue weighted by atomic mass is 16.5. The van der Waals surface area contributed by atoms with Gasteiger partial charge in [-0.15, -0.1) is 0 Å². The van der Waals surface area contributed by atoms with Crippen molar-refractivity contribution < 1.29 is 19.1 Å². The van der Waals surface area contributed by atoms with Crippen molar-refractivity contribution in [2.75, 3.05) is 31.7 Å². The third kappa shape index (κ3) is 3.67. The predicted molar refractivity (Wildman–Crippen MR) is 115 cm³/mol. The number of hydrogen-bond acceptors (Lipinski definition) is 6. The number of hydrogen-bond donors (Lipinski definition) is 2. The average molecular weight is 423 g/mol. The normalized spacial score (nSPS) is 16.5. The largest absolute Gasteiger partial charge is 0.476 e. The highest BCUT2D eigenvalue weighted by Crippen LogP contribution is 2.34. The van der Waals surface area contributed by atoms with Gasteiger partial charge in [0.25, 0.3) is 17.7 Å². The van der Waals surface area contributed by atoms with Crippen LogP contribution in [-0.4, -0.2) is 58.7 Å². The molecular formula is C22H25N5O4. The van der Waals surface area contributed by atoms with E-state index < -0.39 is 5.60 Å². The van der Waals surface area contributed by atoms with E-state index in [4.69, 9.17) is 10.5 Å². The smallest absolute Gasteiger partial charge is 0.268 e. The van der Waals surface area contributed by atoms with Crippen molar-refractivity contribution in [1.29, 1.82) is 0 Å². The molecule has 0 fully saturated rings. The van der Waals surface area contributed by atoms with Crippen molar-refractivity contribution in [1.82, 2.24) is 14.8 Å². The Kier molecular flexibility index (Phi) is 4.83. The van der Waals surface area contributed by atoms with Gasteiger partial charge in [-0.1, -0.05) is 0 Å². The monoisotopic (exact) mass is 423 g/mol. The molecule has 4 rings (SSSR count). The molecule has 9 nitrogen and oxygen atoms in total. The Morgan fingerprint density at radius 3 is 2.71 bits per heavy atom. The number of benzene rings is 1. The number of anilines is 2. The van der Waals surface area contributed by atoms with Crippen molar-refractivity contribution in [2.45, 2.75) is 32.4 Å². The SMILES string of the molecule is CN(C)C(=O)c1cc2c(nc1N)CCN(C(=O)c1ccc3c(c1)NC(=O)C(C)(C)O3)C2. The molecule has 1 aromatic heterocycles. The van der Waals surface area contributed by atoms with Crippen LogP contribution in [0.3, 0.4) is 0 Å². The number of nitrogen functional groups attached to an aromatic ring is 1. The van der Waals surface area contributed by atoms with Gasteiger partial charge < -0.3 is 25.6 Å². The molecule has 0 spiro atoms. The van der Waals surface area contributed by atoms with Crippen LogP contribution in [0.4, 0.5) is 11.5 Å². The first kappa shape index (κ1) is 20.6. The highest BCUT2D eigenvalue weighted by molar-refractivity contribution is 6.02. The molecule has 0 unspecified atom stereocenters. The van der Waals surface area contributed by atoms with Crippen LogP contribution in [0, 0.1) is 0 Å². The van der Waals surface area contributed by atoms with E-state index in [-0.39, 0.29) is 23.5 Å². The molecule has 2 aromatic rings. The first-order valence-corrected chi connectivity index (χ1v) is 10.0. The number of carbonyl (C=O) groups is 3. The minimum atomic E-state index is -0.967. The van der Waals surface area contributed by atoms with E-state index in [1.807, 2.05) is 0 Å². The van der Waals surface area contributed by atoms with Crippen LogP contribution in [0.15, 0.2) is 24.3 Å². The number of ether oxygens (including phenoxy) is 1. The Morgan fingerprint density at radius 1 is 1.26 bits per heavy atom. The first-order valence-electron chi connectivity index (χ1n) is 10.0. The molecule has 31 heavy (non-hydrogen) atoms. The number of amides is 3. The van der Waals surface area contributed by atoms with Gasteiger partial charge in [0.1, 0.15) is 11.6 Å². The zero-order chi connectivity index (χ0) is 22.5. The van der Waals surface area contributed by atoms with E-state index in [0.29, 0.717) is 42.1 Å². The molecule has 0 aliphatic carbocycles. The highest BCUT2D eigenvalue weighted by Gasteiger charge is 2.36. The van der Waals surface area contributed by atoms with Gasteiger partial charge in [0, 0.05) is 44.9 Å². The van der Waals surface area contributed by atoms with Gasteiger partial charge >= 0.3 is 0 Å². The van der Waals surface area contributed by atoms with Crippen molar-refractivity contribution in [3.05, 3.63) is 46.6 Å². The molecule has 3 heterocycles. The summed E-state index contributed by atoms with van der Waals surface area (Å²) >= 11 is 0. The maximum atomic E-state index is 13.2. The van der Waals surface area contributed by atoms with Crippen molar-refractivity contribution in [3.8, 4) is 5.75 Å². The van der Waals surface area contributed by atoms with Crippen LogP contribution in [0.2, 0.25) is 0 Å². The summed E-state index contributed by atoms with van der Waals surface area (Å²) in [5.41, 5.74) is 7.85. The average Bonchev–Trinajstić information content (AvgIpc) is 2.72. The topological polar surface area (TPSA) is 118 Å². The van der Waals surface area contributed by atoms with Crippen LogP contribution in [0.25, 0.3) is 0 Å². The van der Waals surface area contributed by atoms with E-state index in [1.165, 1.54) is 4.90 Å². The third-order valence-electron chi connectivity index (χ3n) is 5.51. The molecule has 0 saturated heterocycles. The van der Waals surface area contributed by atoms with Crippen molar-refractivity contribution in [3.63, 3.8) is 0 Å². The molecule has 3 N–H and O–H groups in total. The van der Waals surface area contributed by atoms with E-state index in [1.54, 1.807) is 57.1 Å². The molecule has 2 aliphatic rings. The van der Waals surface area contributed by atoms with E-state index in [2.05, 4.69) is 10.3 Å². The number of aromatic nitrogens is 1. The first-order chi connectivity index (χ1) is 14.6.